The van der Waals surface area contributed by atoms with Crippen LogP contribution in [0, 0.1) is 12.3 Å². The van der Waals surface area contributed by atoms with Crippen molar-refractivity contribution < 1.29 is 13.2 Å². The van der Waals surface area contributed by atoms with Gasteiger partial charge in [0.05, 0.1) is 22.0 Å². The minimum Gasteiger partial charge on any atom is -0.366 e. The summed E-state index contributed by atoms with van der Waals surface area (Å²) < 4.78 is 26.1. The zero-order valence-corrected chi connectivity index (χ0v) is 21.8. The van der Waals surface area contributed by atoms with E-state index in [2.05, 4.69) is 36.5 Å². The molecule has 1 atom stereocenters. The molecule has 11 heteroatoms. The van der Waals surface area contributed by atoms with Crippen LogP contribution >= 0.6 is 15.9 Å². The van der Waals surface area contributed by atoms with Gasteiger partial charge in [-0.25, -0.2) is 17.7 Å². The van der Waals surface area contributed by atoms with Crippen LogP contribution in [0.5, 0.6) is 0 Å². The van der Waals surface area contributed by atoms with Gasteiger partial charge in [-0.15, -0.1) is 0 Å². The summed E-state index contributed by atoms with van der Waals surface area (Å²) in [4.78, 5) is 20.9. The number of benzene rings is 1. The molecule has 1 unspecified atom stereocenters. The Morgan fingerprint density at radius 3 is 2.61 bits per heavy atom. The second-order valence-corrected chi connectivity index (χ2v) is 11.2. The van der Waals surface area contributed by atoms with Crippen LogP contribution in [0.1, 0.15) is 49.0 Å². The molecular formula is C22H31BrN6O3S. The van der Waals surface area contributed by atoms with Crippen LogP contribution < -0.4 is 16.4 Å². The number of halogens is 1. The Morgan fingerprint density at radius 1 is 1.30 bits per heavy atom. The number of nitrogens with one attached hydrogen (secondary N) is 2. The van der Waals surface area contributed by atoms with Gasteiger partial charge in [0, 0.05) is 30.7 Å². The quantitative estimate of drug-likeness (QED) is 0.511. The fourth-order valence-electron chi connectivity index (χ4n) is 4.20. The van der Waals surface area contributed by atoms with Crippen molar-refractivity contribution in [2.45, 2.75) is 46.1 Å². The Morgan fingerprint density at radius 2 is 2.00 bits per heavy atom. The first-order chi connectivity index (χ1) is 15.6. The van der Waals surface area contributed by atoms with Crippen molar-refractivity contribution in [3.63, 3.8) is 0 Å². The lowest BCUT2D eigenvalue weighted by atomic mass is 9.90. The summed E-state index contributed by atoms with van der Waals surface area (Å²) in [6, 6.07) is 5.53. The number of hydrogen-bond acceptors (Lipinski definition) is 7. The summed E-state index contributed by atoms with van der Waals surface area (Å²) in [5, 5.41) is 6.59. The van der Waals surface area contributed by atoms with E-state index in [9.17, 15) is 13.2 Å². The second-order valence-electron chi connectivity index (χ2n) is 8.32. The maximum atomic E-state index is 12.0. The lowest BCUT2D eigenvalue weighted by molar-refractivity contribution is 0.100. The molecule has 1 aliphatic heterocycles. The molecule has 1 saturated heterocycles. The van der Waals surface area contributed by atoms with E-state index in [4.69, 9.17) is 5.73 Å². The number of hydrogen-bond donors (Lipinski definition) is 3. The highest BCUT2D eigenvalue weighted by molar-refractivity contribution is 9.10. The number of carbonyl (C=O) groups is 1. The zero-order valence-electron chi connectivity index (χ0n) is 19.4. The first-order valence-electron chi connectivity index (χ1n) is 11.0. The summed E-state index contributed by atoms with van der Waals surface area (Å²) >= 11 is 3.45. The molecule has 1 saturated carbocycles. The molecule has 4 N–H and O–H groups in total. The molecule has 2 aliphatic rings. The van der Waals surface area contributed by atoms with Crippen LogP contribution in [0.2, 0.25) is 0 Å². The lowest BCUT2D eigenvalue weighted by Gasteiger charge is -2.38. The first-order valence-corrected chi connectivity index (χ1v) is 13.6. The van der Waals surface area contributed by atoms with Crippen molar-refractivity contribution in [3.05, 3.63) is 40.0 Å². The minimum absolute atomic E-state index is 0.0684. The second kappa shape index (κ2) is 9.94. The predicted molar refractivity (Wildman–Crippen MR) is 134 cm³/mol. The smallest absolute Gasteiger partial charge is 0.251 e. The third-order valence-electron chi connectivity index (χ3n) is 6.08. The van der Waals surface area contributed by atoms with Crippen LogP contribution in [0.25, 0.3) is 0 Å². The number of sulfonamides is 1. The molecule has 9 nitrogen and oxygen atoms in total. The number of rotatable bonds is 6. The highest BCUT2D eigenvalue weighted by atomic mass is 79.9. The Kier molecular flexibility index (Phi) is 7.65. The number of aromatic nitrogens is 2. The molecule has 2 aromatic rings. The summed E-state index contributed by atoms with van der Waals surface area (Å²) in [5.41, 5.74) is 7.24. The van der Waals surface area contributed by atoms with Gasteiger partial charge in [-0.05, 0) is 53.7 Å². The Labute approximate surface area is 203 Å². The van der Waals surface area contributed by atoms with E-state index < -0.39 is 15.9 Å². The number of anilines is 3. The number of nitrogens with zero attached hydrogens (tertiary/aromatic N) is 3. The third kappa shape index (κ3) is 5.64. The standard InChI is InChI=1S/C20H25BrN6O3S.C2H6/c1-12-4-3-5-14(16(12)17(22)28)24-18-13(21)10-23-19(26-18)25-15-6-9-27(31(2,29)30)11-20(15)7-8-20;1-2/h3-5,10,15H,6-9,11H2,1-2H3,(H2,22,28)(H2,23,24,25,26);1-2H3. The zero-order chi connectivity index (χ0) is 24.4. The number of aryl methyl sites for hydroxylation is 1. The third-order valence-corrected chi connectivity index (χ3v) is 7.91. The van der Waals surface area contributed by atoms with Crippen molar-refractivity contribution in [2.24, 2.45) is 11.1 Å². The lowest BCUT2D eigenvalue weighted by Crippen LogP contribution is -2.49. The van der Waals surface area contributed by atoms with Gasteiger partial charge in [-0.3, -0.25) is 4.79 Å². The van der Waals surface area contributed by atoms with E-state index in [0.29, 0.717) is 47.0 Å². The topological polar surface area (TPSA) is 130 Å². The number of piperidine rings is 1. The van der Waals surface area contributed by atoms with Gasteiger partial charge in [0.1, 0.15) is 5.82 Å². The number of amides is 1. The molecular weight excluding hydrogens is 508 g/mol. The highest BCUT2D eigenvalue weighted by Gasteiger charge is 2.54. The monoisotopic (exact) mass is 538 g/mol. The molecule has 1 spiro atoms. The largest absolute Gasteiger partial charge is 0.366 e. The maximum Gasteiger partial charge on any atom is 0.251 e. The SMILES string of the molecule is CC.Cc1cccc(Nc2nc(NC3CCN(S(C)(=O)=O)CC34CC4)ncc2Br)c1C(N)=O. The Hall–Kier alpha value is -2.24. The summed E-state index contributed by atoms with van der Waals surface area (Å²) in [5.74, 6) is 0.435. The molecule has 1 aromatic carbocycles. The van der Waals surface area contributed by atoms with Gasteiger partial charge in [-0.2, -0.15) is 4.98 Å². The fourth-order valence-corrected chi connectivity index (χ4v) is 5.42. The Bertz CT molecular complexity index is 1140. The van der Waals surface area contributed by atoms with Crippen molar-refractivity contribution in [1.29, 1.82) is 0 Å². The molecule has 1 aliphatic carbocycles. The normalized spacial score (nSPS) is 19.4. The molecule has 0 bridgehead atoms. The van der Waals surface area contributed by atoms with E-state index in [1.54, 1.807) is 16.6 Å². The summed E-state index contributed by atoms with van der Waals surface area (Å²) in [6.07, 6.45) is 5.55. The molecule has 2 heterocycles. The van der Waals surface area contributed by atoms with Gasteiger partial charge < -0.3 is 16.4 Å². The van der Waals surface area contributed by atoms with Crippen LogP contribution in [-0.4, -0.2) is 54.0 Å². The Balaban J connectivity index is 0.00000149. The fraction of sp³-hybridized carbons (Fsp3) is 0.500. The molecule has 4 rings (SSSR count). The number of carbonyl (C=O) groups excluding carboxylic acids is 1. The predicted octanol–water partition coefficient (Wildman–Crippen LogP) is 3.64. The minimum atomic E-state index is -3.19. The van der Waals surface area contributed by atoms with Gasteiger partial charge in [-0.1, -0.05) is 26.0 Å². The van der Waals surface area contributed by atoms with Gasteiger partial charge in [0.2, 0.25) is 16.0 Å². The first kappa shape index (κ1) is 25.4. The van der Waals surface area contributed by atoms with Crippen molar-refractivity contribution in [3.8, 4) is 0 Å². The maximum absolute atomic E-state index is 12.0. The average molecular weight is 540 g/mol. The van der Waals surface area contributed by atoms with E-state index in [1.165, 1.54) is 6.26 Å². The molecule has 33 heavy (non-hydrogen) atoms. The molecule has 1 amide bonds. The number of primary amides is 1. The van der Waals surface area contributed by atoms with E-state index in [0.717, 1.165) is 18.4 Å². The molecule has 0 radical (unpaired) electrons. The van der Waals surface area contributed by atoms with Crippen LogP contribution in [-0.2, 0) is 10.0 Å². The summed E-state index contributed by atoms with van der Waals surface area (Å²) in [6.45, 7) is 6.83. The van der Waals surface area contributed by atoms with Gasteiger partial charge in [0.25, 0.3) is 5.91 Å². The van der Waals surface area contributed by atoms with Crippen LogP contribution in [0.3, 0.4) is 0 Å². The molecule has 1 aromatic heterocycles. The van der Waals surface area contributed by atoms with Crippen molar-refractivity contribution in [1.82, 2.24) is 14.3 Å². The van der Waals surface area contributed by atoms with E-state index in [1.807, 2.05) is 32.9 Å². The van der Waals surface area contributed by atoms with E-state index in [-0.39, 0.29) is 11.5 Å². The van der Waals surface area contributed by atoms with Gasteiger partial charge >= 0.3 is 0 Å². The van der Waals surface area contributed by atoms with Crippen LogP contribution in [0.4, 0.5) is 17.5 Å². The highest BCUT2D eigenvalue weighted by Crippen LogP contribution is 2.53. The molecule has 2 fully saturated rings. The number of nitrogens with two attached hydrogens (primary N) is 1. The van der Waals surface area contributed by atoms with Crippen molar-refractivity contribution in [2.75, 3.05) is 30.0 Å². The van der Waals surface area contributed by atoms with Gasteiger partial charge in [0.15, 0.2) is 0 Å². The van der Waals surface area contributed by atoms with Crippen molar-refractivity contribution >= 4 is 49.3 Å². The van der Waals surface area contributed by atoms with E-state index >= 15 is 0 Å². The molecule has 180 valence electrons. The van der Waals surface area contributed by atoms with Crippen LogP contribution in [0.15, 0.2) is 28.9 Å². The summed E-state index contributed by atoms with van der Waals surface area (Å²) in [7, 11) is -3.19. The average Bonchev–Trinajstić information content (AvgIpc) is 3.52.